The van der Waals surface area contributed by atoms with Gasteiger partial charge in [-0.1, -0.05) is 0 Å². The van der Waals surface area contributed by atoms with E-state index in [1.165, 1.54) is 6.42 Å². The lowest BCUT2D eigenvalue weighted by molar-refractivity contribution is 0.284. The first-order valence-electron chi connectivity index (χ1n) is 3.18. The average Bonchev–Trinajstić information content (AvgIpc) is 2.39. The molecule has 4 unspecified atom stereocenters. The normalized spacial score (nSPS) is 60.8. The molecule has 2 rings (SSSR count). The highest BCUT2D eigenvalue weighted by Crippen LogP contribution is 2.51. The highest BCUT2D eigenvalue weighted by atomic mass is 19.1. The van der Waals surface area contributed by atoms with E-state index in [-0.39, 0.29) is 6.04 Å². The Balaban J connectivity index is 2.08. The van der Waals surface area contributed by atoms with Crippen molar-refractivity contribution in [1.29, 1.82) is 0 Å². The van der Waals surface area contributed by atoms with E-state index in [0.29, 0.717) is 11.8 Å². The van der Waals surface area contributed by atoms with E-state index in [1.807, 2.05) is 0 Å². The minimum Gasteiger partial charge on any atom is -0.325 e. The zero-order valence-electron chi connectivity index (χ0n) is 4.68. The van der Waals surface area contributed by atoms with Crippen LogP contribution in [0.4, 0.5) is 4.39 Å². The van der Waals surface area contributed by atoms with Crippen LogP contribution in [0.1, 0.15) is 12.8 Å². The molecule has 0 spiro atoms. The first-order chi connectivity index (χ1) is 3.79. The standard InChI is InChI=1S/C6H10FN/c7-5-2-3-1-4(3)6(5)8/h3-6H,1-2,8H2. The molecule has 0 saturated heterocycles. The fourth-order valence-electron chi connectivity index (χ4n) is 1.73. The number of hydrogen-bond acceptors (Lipinski definition) is 1. The van der Waals surface area contributed by atoms with Crippen LogP contribution in [0.25, 0.3) is 0 Å². The van der Waals surface area contributed by atoms with Gasteiger partial charge in [0.2, 0.25) is 0 Å². The molecule has 8 heavy (non-hydrogen) atoms. The van der Waals surface area contributed by atoms with Crippen LogP contribution in [-0.2, 0) is 0 Å². The SMILES string of the molecule is NC1C(F)CC2CC21. The Kier molecular flexibility index (Phi) is 0.734. The third-order valence-corrected chi connectivity index (χ3v) is 2.42. The van der Waals surface area contributed by atoms with E-state index >= 15 is 0 Å². The maximum Gasteiger partial charge on any atom is 0.116 e. The van der Waals surface area contributed by atoms with Crippen LogP contribution in [0.15, 0.2) is 0 Å². The van der Waals surface area contributed by atoms with Gasteiger partial charge in [0.25, 0.3) is 0 Å². The molecule has 0 aliphatic heterocycles. The van der Waals surface area contributed by atoms with Crippen LogP contribution >= 0.6 is 0 Å². The van der Waals surface area contributed by atoms with Gasteiger partial charge >= 0.3 is 0 Å². The molecule has 4 atom stereocenters. The van der Waals surface area contributed by atoms with Crippen molar-refractivity contribution in [1.82, 2.24) is 0 Å². The van der Waals surface area contributed by atoms with Crippen LogP contribution in [0.5, 0.6) is 0 Å². The van der Waals surface area contributed by atoms with Crippen LogP contribution < -0.4 is 5.73 Å². The Bertz CT molecular complexity index is 113. The molecule has 0 radical (unpaired) electrons. The minimum atomic E-state index is -0.682. The third-order valence-electron chi connectivity index (χ3n) is 2.42. The number of fused-ring (bicyclic) bond motifs is 1. The summed E-state index contributed by atoms with van der Waals surface area (Å²) in [4.78, 5) is 0. The van der Waals surface area contributed by atoms with Gasteiger partial charge in [-0.15, -0.1) is 0 Å². The van der Waals surface area contributed by atoms with E-state index in [1.54, 1.807) is 0 Å². The number of halogens is 1. The number of nitrogens with two attached hydrogens (primary N) is 1. The van der Waals surface area contributed by atoms with Crippen molar-refractivity contribution < 1.29 is 4.39 Å². The van der Waals surface area contributed by atoms with Crippen molar-refractivity contribution in [2.45, 2.75) is 25.1 Å². The van der Waals surface area contributed by atoms with E-state index < -0.39 is 6.17 Å². The van der Waals surface area contributed by atoms with Crippen LogP contribution in [0, 0.1) is 11.8 Å². The van der Waals surface area contributed by atoms with Gasteiger partial charge in [0, 0.05) is 6.04 Å². The fraction of sp³-hybridized carbons (Fsp3) is 1.00. The Hall–Kier alpha value is -0.110. The molecule has 2 saturated carbocycles. The summed E-state index contributed by atoms with van der Waals surface area (Å²) in [6, 6.07) is -0.111. The smallest absolute Gasteiger partial charge is 0.116 e. The minimum absolute atomic E-state index is 0.111. The monoisotopic (exact) mass is 115 g/mol. The quantitative estimate of drug-likeness (QED) is 0.494. The molecule has 0 aromatic heterocycles. The first-order valence-corrected chi connectivity index (χ1v) is 3.18. The van der Waals surface area contributed by atoms with Gasteiger partial charge in [-0.05, 0) is 24.7 Å². The lowest BCUT2D eigenvalue weighted by Crippen LogP contribution is -2.29. The highest BCUT2D eigenvalue weighted by Gasteiger charge is 2.52. The summed E-state index contributed by atoms with van der Waals surface area (Å²) in [6.45, 7) is 0. The molecular weight excluding hydrogens is 105 g/mol. The molecule has 0 aromatic rings. The molecule has 2 fully saturated rings. The highest BCUT2D eigenvalue weighted by molar-refractivity contribution is 5.04. The number of hydrogen-bond donors (Lipinski definition) is 1. The zero-order chi connectivity index (χ0) is 5.72. The van der Waals surface area contributed by atoms with E-state index in [9.17, 15) is 4.39 Å². The van der Waals surface area contributed by atoms with Crippen molar-refractivity contribution in [3.05, 3.63) is 0 Å². The number of rotatable bonds is 0. The largest absolute Gasteiger partial charge is 0.325 e. The van der Waals surface area contributed by atoms with Crippen molar-refractivity contribution in [3.63, 3.8) is 0 Å². The fourth-order valence-corrected chi connectivity index (χ4v) is 1.73. The molecule has 2 N–H and O–H groups in total. The van der Waals surface area contributed by atoms with Gasteiger partial charge in [-0.3, -0.25) is 0 Å². The van der Waals surface area contributed by atoms with Gasteiger partial charge in [0.15, 0.2) is 0 Å². The molecule has 0 amide bonds. The second-order valence-corrected chi connectivity index (χ2v) is 2.99. The van der Waals surface area contributed by atoms with E-state index in [2.05, 4.69) is 0 Å². The summed E-state index contributed by atoms with van der Waals surface area (Å²) < 4.78 is 12.5. The lowest BCUT2D eigenvalue weighted by Gasteiger charge is -2.07. The second kappa shape index (κ2) is 1.24. The maximum atomic E-state index is 12.5. The van der Waals surface area contributed by atoms with Gasteiger partial charge in [-0.25, -0.2) is 4.39 Å². The summed E-state index contributed by atoms with van der Waals surface area (Å²) in [5.41, 5.74) is 5.49. The summed E-state index contributed by atoms with van der Waals surface area (Å²) in [6.07, 6.45) is 1.26. The van der Waals surface area contributed by atoms with Gasteiger partial charge in [0.1, 0.15) is 6.17 Å². The summed E-state index contributed by atoms with van der Waals surface area (Å²) in [5.74, 6) is 1.23. The number of alkyl halides is 1. The summed E-state index contributed by atoms with van der Waals surface area (Å²) >= 11 is 0. The summed E-state index contributed by atoms with van der Waals surface area (Å²) in [7, 11) is 0. The van der Waals surface area contributed by atoms with E-state index in [4.69, 9.17) is 5.73 Å². The van der Waals surface area contributed by atoms with Crippen molar-refractivity contribution in [2.24, 2.45) is 17.6 Å². The second-order valence-electron chi connectivity index (χ2n) is 2.99. The molecular formula is C6H10FN. The predicted octanol–water partition coefficient (Wildman–Crippen LogP) is 0.692. The molecule has 0 bridgehead atoms. The van der Waals surface area contributed by atoms with Crippen molar-refractivity contribution >= 4 is 0 Å². The Morgan fingerprint density at radius 2 is 2.12 bits per heavy atom. The molecule has 2 aliphatic rings. The average molecular weight is 115 g/mol. The topological polar surface area (TPSA) is 26.0 Å². The molecule has 46 valence electrons. The van der Waals surface area contributed by atoms with Crippen LogP contribution in [0.2, 0.25) is 0 Å². The van der Waals surface area contributed by atoms with Crippen LogP contribution in [0.3, 0.4) is 0 Å². The Labute approximate surface area is 48.1 Å². The van der Waals surface area contributed by atoms with Crippen LogP contribution in [-0.4, -0.2) is 12.2 Å². The van der Waals surface area contributed by atoms with Crippen molar-refractivity contribution in [2.75, 3.05) is 0 Å². The molecule has 2 aliphatic carbocycles. The molecule has 2 heteroatoms. The molecule has 1 nitrogen and oxygen atoms in total. The molecule has 0 heterocycles. The zero-order valence-corrected chi connectivity index (χ0v) is 4.68. The predicted molar refractivity (Wildman–Crippen MR) is 29.1 cm³/mol. The van der Waals surface area contributed by atoms with Crippen molar-refractivity contribution in [3.8, 4) is 0 Å². The Morgan fingerprint density at radius 1 is 1.38 bits per heavy atom. The first kappa shape index (κ1) is 4.74. The third kappa shape index (κ3) is 0.440. The maximum absolute atomic E-state index is 12.5. The lowest BCUT2D eigenvalue weighted by atomic mass is 10.2. The van der Waals surface area contributed by atoms with Gasteiger partial charge in [-0.2, -0.15) is 0 Å². The summed E-state index contributed by atoms with van der Waals surface area (Å²) in [5, 5.41) is 0. The molecule has 0 aromatic carbocycles. The van der Waals surface area contributed by atoms with Gasteiger partial charge in [0.05, 0.1) is 0 Å². The van der Waals surface area contributed by atoms with Gasteiger partial charge < -0.3 is 5.73 Å². The Morgan fingerprint density at radius 3 is 2.38 bits per heavy atom. The van der Waals surface area contributed by atoms with E-state index in [0.717, 1.165) is 6.42 Å².